The normalized spacial score (nSPS) is 11.5. The van der Waals surface area contributed by atoms with E-state index < -0.39 is 24.9 Å². The van der Waals surface area contributed by atoms with Crippen molar-refractivity contribution in [2.24, 2.45) is 0 Å². The molecule has 0 radical (unpaired) electrons. The number of nitrogens with zero attached hydrogens (tertiary/aromatic N) is 3. The van der Waals surface area contributed by atoms with Crippen LogP contribution in [0.4, 0.5) is 25.1 Å². The van der Waals surface area contributed by atoms with Crippen LogP contribution >= 0.6 is 0 Å². The number of halogens is 2. The molecule has 0 atom stereocenters. The summed E-state index contributed by atoms with van der Waals surface area (Å²) in [6.07, 6.45) is 0.179. The van der Waals surface area contributed by atoms with Gasteiger partial charge in [0.1, 0.15) is 17.1 Å². The third kappa shape index (κ3) is 5.97. The van der Waals surface area contributed by atoms with Crippen molar-refractivity contribution in [2.45, 2.75) is 32.6 Å². The van der Waals surface area contributed by atoms with Gasteiger partial charge in [0.2, 0.25) is 5.78 Å². The monoisotopic (exact) mass is 510 g/mol. The predicted octanol–water partition coefficient (Wildman–Crippen LogP) is 4.49. The second kappa shape index (κ2) is 10.2. The van der Waals surface area contributed by atoms with Gasteiger partial charge in [-0.15, -0.1) is 0 Å². The summed E-state index contributed by atoms with van der Waals surface area (Å²) >= 11 is 0. The van der Waals surface area contributed by atoms with Crippen LogP contribution in [-0.4, -0.2) is 45.2 Å². The molecule has 1 aromatic carbocycles. The number of urea groups is 1. The number of carbonyl (C=O) groups is 3. The number of rotatable bonds is 7. The topological polar surface area (TPSA) is 131 Å². The van der Waals surface area contributed by atoms with Crippen LogP contribution in [-0.2, 0) is 5.41 Å². The molecule has 0 aliphatic carbocycles. The summed E-state index contributed by atoms with van der Waals surface area (Å²) < 4.78 is 31.4. The lowest BCUT2D eigenvalue weighted by Crippen LogP contribution is -2.28. The smallest absolute Gasteiger partial charge is 0.324 e. The minimum atomic E-state index is -2.66. The highest BCUT2D eigenvalue weighted by molar-refractivity contribution is 6.09. The molecule has 0 saturated carbocycles. The second-order valence-corrected chi connectivity index (χ2v) is 9.20. The van der Waals surface area contributed by atoms with Crippen molar-refractivity contribution >= 4 is 34.9 Å². The molecule has 4 aromatic rings. The summed E-state index contributed by atoms with van der Waals surface area (Å²) in [5, 5.41) is 11.2. The molecule has 0 bridgehead atoms. The molecule has 3 amide bonds. The number of anilines is 2. The van der Waals surface area contributed by atoms with Gasteiger partial charge in [-0.25, -0.2) is 18.6 Å². The zero-order chi connectivity index (χ0) is 26.7. The molecule has 3 N–H and O–H groups in total. The minimum absolute atomic E-state index is 0.145. The fourth-order valence-corrected chi connectivity index (χ4v) is 3.38. The molecule has 192 valence electrons. The number of benzene rings is 1. The Balaban J connectivity index is 1.41. The maximum atomic E-state index is 13.0. The molecular formula is C25H24F2N6O4. The highest BCUT2D eigenvalue weighted by Gasteiger charge is 2.21. The number of hydrogen-bond acceptors (Lipinski definition) is 6. The highest BCUT2D eigenvalue weighted by Crippen LogP contribution is 2.24. The Kier molecular flexibility index (Phi) is 7.00. The number of pyridine rings is 1. The second-order valence-electron chi connectivity index (χ2n) is 9.20. The molecule has 3 heterocycles. The molecule has 0 aliphatic rings. The van der Waals surface area contributed by atoms with Crippen LogP contribution in [0, 0.1) is 0 Å². The Hall–Kier alpha value is -4.61. The molecule has 12 heteroatoms. The molecule has 0 aliphatic heterocycles. The van der Waals surface area contributed by atoms with Gasteiger partial charge in [-0.3, -0.25) is 19.3 Å². The highest BCUT2D eigenvalue weighted by atomic mass is 19.3. The minimum Gasteiger partial charge on any atom is -0.359 e. The van der Waals surface area contributed by atoms with Crippen molar-refractivity contribution in [2.75, 3.05) is 17.2 Å². The Morgan fingerprint density at radius 2 is 1.76 bits per heavy atom. The van der Waals surface area contributed by atoms with Gasteiger partial charge in [0, 0.05) is 34.5 Å². The van der Waals surface area contributed by atoms with Crippen molar-refractivity contribution in [3.05, 3.63) is 77.4 Å². The average Bonchev–Trinajstić information content (AvgIpc) is 3.49. The first-order chi connectivity index (χ1) is 17.5. The maximum absolute atomic E-state index is 13.0. The summed E-state index contributed by atoms with van der Waals surface area (Å²) in [5.74, 6) is -0.0968. The quantitative estimate of drug-likeness (QED) is 0.314. The Bertz CT molecular complexity index is 1450. The molecule has 0 unspecified atom stereocenters. The van der Waals surface area contributed by atoms with E-state index in [-0.39, 0.29) is 28.3 Å². The third-order valence-corrected chi connectivity index (χ3v) is 5.32. The largest absolute Gasteiger partial charge is 0.359 e. The fraction of sp³-hybridized carbons (Fsp3) is 0.240. The first-order valence-electron chi connectivity index (χ1n) is 11.2. The van der Waals surface area contributed by atoms with Gasteiger partial charge < -0.3 is 15.2 Å². The van der Waals surface area contributed by atoms with Gasteiger partial charge in [0.15, 0.2) is 5.82 Å². The van der Waals surface area contributed by atoms with E-state index in [1.54, 1.807) is 30.3 Å². The zero-order valence-electron chi connectivity index (χ0n) is 20.2. The van der Waals surface area contributed by atoms with Crippen LogP contribution < -0.4 is 16.0 Å². The van der Waals surface area contributed by atoms with Gasteiger partial charge >= 0.3 is 6.03 Å². The van der Waals surface area contributed by atoms with Crippen LogP contribution in [0.5, 0.6) is 0 Å². The van der Waals surface area contributed by atoms with Crippen LogP contribution in [0.1, 0.15) is 52.9 Å². The Morgan fingerprint density at radius 1 is 1.03 bits per heavy atom. The van der Waals surface area contributed by atoms with Crippen molar-refractivity contribution in [3.63, 3.8) is 0 Å². The van der Waals surface area contributed by atoms with E-state index >= 15 is 0 Å². The third-order valence-electron chi connectivity index (χ3n) is 5.32. The van der Waals surface area contributed by atoms with E-state index in [0.717, 1.165) is 0 Å². The summed E-state index contributed by atoms with van der Waals surface area (Å²) in [6, 6.07) is 10.2. The lowest BCUT2D eigenvalue weighted by Gasteiger charge is -2.12. The summed E-state index contributed by atoms with van der Waals surface area (Å²) in [4.78, 5) is 41.5. The van der Waals surface area contributed by atoms with Gasteiger partial charge in [-0.2, -0.15) is 0 Å². The first-order valence-corrected chi connectivity index (χ1v) is 11.2. The van der Waals surface area contributed by atoms with Gasteiger partial charge in [0.05, 0.1) is 12.7 Å². The number of fused-ring (bicyclic) bond motifs is 1. The van der Waals surface area contributed by atoms with Crippen LogP contribution in [0.15, 0.2) is 59.4 Å². The molecule has 0 spiro atoms. The summed E-state index contributed by atoms with van der Waals surface area (Å²) in [6.45, 7) is 5.13. The number of ketones is 1. The van der Waals surface area contributed by atoms with E-state index in [9.17, 15) is 23.2 Å². The van der Waals surface area contributed by atoms with Crippen molar-refractivity contribution < 1.29 is 27.7 Å². The summed E-state index contributed by atoms with van der Waals surface area (Å²) in [5.41, 5.74) is 1.25. The summed E-state index contributed by atoms with van der Waals surface area (Å²) in [7, 11) is 0. The van der Waals surface area contributed by atoms with E-state index in [0.29, 0.717) is 22.7 Å². The molecule has 4 rings (SSSR count). The lowest BCUT2D eigenvalue weighted by atomic mass is 9.93. The predicted molar refractivity (Wildman–Crippen MR) is 131 cm³/mol. The number of hydrogen-bond donors (Lipinski definition) is 3. The number of carbonyl (C=O) groups excluding carboxylic acids is 3. The average molecular weight is 511 g/mol. The van der Waals surface area contributed by atoms with Crippen molar-refractivity contribution in [3.8, 4) is 0 Å². The molecule has 3 aromatic heterocycles. The van der Waals surface area contributed by atoms with Gasteiger partial charge in [0.25, 0.3) is 12.3 Å². The molecule has 37 heavy (non-hydrogen) atoms. The number of nitrogens with one attached hydrogen (secondary N) is 3. The SMILES string of the molecule is CC(C)(C)c1cc(NC(=O)Nc2ccc(C(=O)c3cnc4cc(C(=O)NCC(F)F)ccn34)cc2)no1. The maximum Gasteiger partial charge on any atom is 0.324 e. The Morgan fingerprint density at radius 3 is 2.41 bits per heavy atom. The molecule has 0 saturated heterocycles. The van der Waals surface area contributed by atoms with Crippen LogP contribution in [0.2, 0.25) is 0 Å². The zero-order valence-corrected chi connectivity index (χ0v) is 20.2. The van der Waals surface area contributed by atoms with E-state index in [4.69, 9.17) is 4.52 Å². The Labute approximate surface area is 210 Å². The van der Waals surface area contributed by atoms with Gasteiger partial charge in [-0.05, 0) is 36.4 Å². The molecular weight excluding hydrogens is 486 g/mol. The van der Waals surface area contributed by atoms with Crippen LogP contribution in [0.25, 0.3) is 5.65 Å². The number of aromatic nitrogens is 3. The van der Waals surface area contributed by atoms with E-state index in [2.05, 4.69) is 26.1 Å². The van der Waals surface area contributed by atoms with Crippen LogP contribution in [0.3, 0.4) is 0 Å². The standard InChI is InChI=1S/C25H24F2N6O4/c1-25(2,3)18-11-20(32-37-18)31-24(36)30-16-6-4-14(5-7-16)22(34)17-12-28-21-10-15(8-9-33(17)21)23(35)29-13-19(26)27/h4-12,19H,13H2,1-3H3,(H,29,35)(H2,30,31,32,36). The number of alkyl halides is 2. The molecule has 0 fully saturated rings. The lowest BCUT2D eigenvalue weighted by molar-refractivity contribution is 0.0891. The van der Waals surface area contributed by atoms with Gasteiger partial charge in [-0.1, -0.05) is 25.9 Å². The number of imidazole rings is 1. The number of amides is 3. The van der Waals surface area contributed by atoms with Crippen molar-refractivity contribution in [1.82, 2.24) is 19.9 Å². The molecule has 10 nitrogen and oxygen atoms in total. The fourth-order valence-electron chi connectivity index (χ4n) is 3.38. The van der Waals surface area contributed by atoms with Crippen molar-refractivity contribution in [1.29, 1.82) is 0 Å². The van der Waals surface area contributed by atoms with E-state index in [1.807, 2.05) is 20.8 Å². The van der Waals surface area contributed by atoms with E-state index in [1.165, 1.54) is 28.9 Å². The first kappa shape index (κ1) is 25.5.